The first kappa shape index (κ1) is 22.6. The lowest BCUT2D eigenvalue weighted by Gasteiger charge is -2.52. The summed E-state index contributed by atoms with van der Waals surface area (Å²) in [5, 5.41) is 7.80. The minimum Gasteiger partial charge on any atom is -0.367 e. The van der Waals surface area contributed by atoms with Gasteiger partial charge in [0.25, 0.3) is 5.91 Å². The molecule has 3 aliphatic heterocycles. The maximum absolute atomic E-state index is 14.3. The van der Waals surface area contributed by atoms with Crippen LogP contribution in [0.3, 0.4) is 0 Å². The largest absolute Gasteiger partial charge is 0.367 e. The van der Waals surface area contributed by atoms with Crippen molar-refractivity contribution in [2.45, 2.75) is 38.6 Å². The van der Waals surface area contributed by atoms with E-state index in [0.717, 1.165) is 53.5 Å². The molecule has 0 aromatic heterocycles. The van der Waals surface area contributed by atoms with Gasteiger partial charge in [-0.2, -0.15) is 10.1 Å². The quantitative estimate of drug-likeness (QED) is 0.394. The highest BCUT2D eigenvalue weighted by Gasteiger charge is 2.59. The molecule has 0 aliphatic carbocycles. The summed E-state index contributed by atoms with van der Waals surface area (Å²) in [5.74, 6) is 0.551. The van der Waals surface area contributed by atoms with Gasteiger partial charge in [0.2, 0.25) is 0 Å². The van der Waals surface area contributed by atoms with Crippen LogP contribution in [0, 0.1) is 11.3 Å². The van der Waals surface area contributed by atoms with Crippen molar-refractivity contribution >= 4 is 46.2 Å². The van der Waals surface area contributed by atoms with Crippen molar-refractivity contribution in [1.82, 2.24) is 0 Å². The first-order valence-electron chi connectivity index (χ1n) is 12.2. The number of halogens is 2. The monoisotopic (exact) mass is 503 g/mol. The highest BCUT2D eigenvalue weighted by atomic mass is 35.5. The van der Waals surface area contributed by atoms with E-state index < -0.39 is 5.41 Å². The van der Waals surface area contributed by atoms with Crippen molar-refractivity contribution in [2.75, 3.05) is 16.5 Å². The highest BCUT2D eigenvalue weighted by molar-refractivity contribution is 6.31. The third kappa shape index (κ3) is 3.75. The molecule has 178 valence electrons. The molecule has 0 bridgehead atoms. The molecule has 1 saturated heterocycles. The van der Waals surface area contributed by atoms with Gasteiger partial charge in [-0.05, 0) is 86.1 Å². The summed E-state index contributed by atoms with van der Waals surface area (Å²) in [6.45, 7) is 2.92. The van der Waals surface area contributed by atoms with Gasteiger partial charge in [0.05, 0.1) is 11.4 Å². The standard InChI is InChI=1S/C29H27Cl2N3O/c1-19-29(28(35)34(32-19)25-11-9-23(30)10-12-25)18-22-7-8-24(31)17-26(22)33-14-13-21(16-27(29)33)15-20-5-3-2-4-6-20/h2-12,17,21,27H,13-16,18H2,1H3. The second-order valence-corrected chi connectivity index (χ2v) is 10.9. The smallest absolute Gasteiger partial charge is 0.261 e. The predicted octanol–water partition coefficient (Wildman–Crippen LogP) is 6.79. The van der Waals surface area contributed by atoms with E-state index in [9.17, 15) is 4.79 Å². The molecule has 3 aromatic carbocycles. The summed E-state index contributed by atoms with van der Waals surface area (Å²) in [7, 11) is 0. The summed E-state index contributed by atoms with van der Waals surface area (Å²) in [6.07, 6.45) is 3.68. The van der Waals surface area contributed by atoms with E-state index in [1.807, 2.05) is 25.1 Å². The van der Waals surface area contributed by atoms with Crippen molar-refractivity contribution < 1.29 is 4.79 Å². The lowest BCUT2D eigenvalue weighted by atomic mass is 9.64. The second-order valence-electron chi connectivity index (χ2n) is 9.99. The molecular formula is C29H27Cl2N3O. The summed E-state index contributed by atoms with van der Waals surface area (Å²) >= 11 is 12.5. The molecule has 0 N–H and O–H groups in total. The first-order chi connectivity index (χ1) is 17.0. The van der Waals surface area contributed by atoms with Crippen molar-refractivity contribution in [2.24, 2.45) is 16.4 Å². The number of piperidine rings is 1. The number of hydrazone groups is 1. The van der Waals surface area contributed by atoms with Crippen molar-refractivity contribution in [1.29, 1.82) is 0 Å². The number of carbonyl (C=O) groups is 1. The topological polar surface area (TPSA) is 35.9 Å². The van der Waals surface area contributed by atoms with Crippen LogP contribution in [-0.4, -0.2) is 24.2 Å². The van der Waals surface area contributed by atoms with Crippen LogP contribution >= 0.6 is 23.2 Å². The summed E-state index contributed by atoms with van der Waals surface area (Å²) in [6, 6.07) is 24.1. The Bertz CT molecular complexity index is 1310. The van der Waals surface area contributed by atoms with E-state index in [-0.39, 0.29) is 11.9 Å². The lowest BCUT2D eigenvalue weighted by Crippen LogP contribution is -2.62. The van der Waals surface area contributed by atoms with Gasteiger partial charge >= 0.3 is 0 Å². The summed E-state index contributed by atoms with van der Waals surface area (Å²) in [4.78, 5) is 16.7. The van der Waals surface area contributed by atoms with Gasteiger partial charge in [0.1, 0.15) is 5.41 Å². The van der Waals surface area contributed by atoms with Crippen molar-refractivity contribution in [3.8, 4) is 0 Å². The Morgan fingerprint density at radius 1 is 1.00 bits per heavy atom. The molecule has 1 amide bonds. The Labute approximate surface area is 216 Å². The summed E-state index contributed by atoms with van der Waals surface area (Å²) < 4.78 is 0. The Balaban J connectivity index is 1.41. The molecular weight excluding hydrogens is 477 g/mol. The van der Waals surface area contributed by atoms with Gasteiger partial charge in [-0.15, -0.1) is 0 Å². The van der Waals surface area contributed by atoms with Gasteiger partial charge < -0.3 is 4.90 Å². The van der Waals surface area contributed by atoms with Gasteiger partial charge in [-0.25, -0.2) is 0 Å². The maximum Gasteiger partial charge on any atom is 0.261 e. The molecule has 3 aromatic rings. The van der Waals surface area contributed by atoms with E-state index >= 15 is 0 Å². The van der Waals surface area contributed by atoms with Crippen LogP contribution in [0.2, 0.25) is 10.0 Å². The summed E-state index contributed by atoms with van der Waals surface area (Å²) in [5.41, 5.74) is 4.61. The van der Waals surface area contributed by atoms with E-state index in [1.54, 1.807) is 17.1 Å². The third-order valence-electron chi connectivity index (χ3n) is 8.01. The SMILES string of the molecule is CC1=NN(c2ccc(Cl)cc2)C(=O)C12Cc1ccc(Cl)cc1N1CCC(Cc3ccccc3)CC12. The van der Waals surface area contributed by atoms with Gasteiger partial charge in [0.15, 0.2) is 0 Å². The molecule has 3 atom stereocenters. The average Bonchev–Trinajstić information content (AvgIpc) is 3.11. The van der Waals surface area contributed by atoms with Crippen LogP contribution < -0.4 is 9.91 Å². The second kappa shape index (κ2) is 8.69. The van der Waals surface area contributed by atoms with Crippen LogP contribution in [0.25, 0.3) is 0 Å². The van der Waals surface area contributed by atoms with Crippen LogP contribution in [0.15, 0.2) is 77.9 Å². The number of rotatable bonds is 3. The number of nitrogens with zero attached hydrogens (tertiary/aromatic N) is 3. The molecule has 35 heavy (non-hydrogen) atoms. The molecule has 0 radical (unpaired) electrons. The molecule has 6 rings (SSSR count). The number of anilines is 2. The number of hydrogen-bond acceptors (Lipinski definition) is 3. The van der Waals surface area contributed by atoms with Gasteiger partial charge in [-0.3, -0.25) is 4.79 Å². The number of benzene rings is 3. The zero-order chi connectivity index (χ0) is 24.2. The Morgan fingerprint density at radius 2 is 1.74 bits per heavy atom. The zero-order valence-corrected chi connectivity index (χ0v) is 21.1. The van der Waals surface area contributed by atoms with Crippen molar-refractivity contribution in [3.05, 3.63) is 94.0 Å². The number of carbonyl (C=O) groups excluding carboxylic acids is 1. The first-order valence-corrected chi connectivity index (χ1v) is 13.0. The fourth-order valence-electron chi connectivity index (χ4n) is 6.27. The predicted molar refractivity (Wildman–Crippen MR) is 144 cm³/mol. The molecule has 1 fully saturated rings. The van der Waals surface area contributed by atoms with E-state index in [4.69, 9.17) is 28.3 Å². The molecule has 3 unspecified atom stereocenters. The highest BCUT2D eigenvalue weighted by Crippen LogP contribution is 2.51. The number of fused-ring (bicyclic) bond motifs is 4. The van der Waals surface area contributed by atoms with E-state index in [2.05, 4.69) is 47.4 Å². The minimum absolute atomic E-state index is 0.0319. The van der Waals surface area contributed by atoms with Gasteiger partial charge in [0, 0.05) is 28.3 Å². The lowest BCUT2D eigenvalue weighted by molar-refractivity contribution is -0.125. The Kier molecular flexibility index (Phi) is 5.62. The maximum atomic E-state index is 14.3. The molecule has 0 saturated carbocycles. The number of hydrogen-bond donors (Lipinski definition) is 0. The molecule has 1 spiro atoms. The third-order valence-corrected chi connectivity index (χ3v) is 8.50. The van der Waals surface area contributed by atoms with E-state index in [1.165, 1.54) is 5.56 Å². The van der Waals surface area contributed by atoms with Crippen LogP contribution in [-0.2, 0) is 17.6 Å². The number of amides is 1. The normalized spacial score (nSPS) is 25.5. The fourth-order valence-corrected chi connectivity index (χ4v) is 6.56. The van der Waals surface area contributed by atoms with Crippen LogP contribution in [0.4, 0.5) is 11.4 Å². The Morgan fingerprint density at radius 3 is 2.51 bits per heavy atom. The fraction of sp³-hybridized carbons (Fsp3) is 0.310. The Hall–Kier alpha value is -2.82. The van der Waals surface area contributed by atoms with E-state index in [0.29, 0.717) is 17.4 Å². The van der Waals surface area contributed by atoms with Crippen LogP contribution in [0.1, 0.15) is 30.9 Å². The van der Waals surface area contributed by atoms with Crippen molar-refractivity contribution in [3.63, 3.8) is 0 Å². The van der Waals surface area contributed by atoms with Crippen LogP contribution in [0.5, 0.6) is 0 Å². The minimum atomic E-state index is -0.699. The molecule has 4 nitrogen and oxygen atoms in total. The molecule has 3 heterocycles. The zero-order valence-electron chi connectivity index (χ0n) is 19.6. The van der Waals surface area contributed by atoms with Gasteiger partial charge in [-0.1, -0.05) is 59.6 Å². The molecule has 6 heteroatoms. The average molecular weight is 504 g/mol. The molecule has 3 aliphatic rings.